The summed E-state index contributed by atoms with van der Waals surface area (Å²) in [4.78, 5) is 0. The van der Waals surface area contributed by atoms with Crippen molar-refractivity contribution in [3.63, 3.8) is 0 Å². The van der Waals surface area contributed by atoms with Crippen LogP contribution in [0.3, 0.4) is 0 Å². The molecule has 10 heavy (non-hydrogen) atoms. The lowest BCUT2D eigenvalue weighted by atomic mass is 9.96. The molecule has 0 aromatic carbocycles. The van der Waals surface area contributed by atoms with Gasteiger partial charge in [-0.2, -0.15) is 0 Å². The highest BCUT2D eigenvalue weighted by Crippen LogP contribution is 2.13. The van der Waals surface area contributed by atoms with E-state index < -0.39 is 6.10 Å². The lowest BCUT2D eigenvalue weighted by Crippen LogP contribution is -2.23. The number of hydrogen-bond acceptors (Lipinski definition) is 2. The number of aliphatic hydroxyl groups is 2. The summed E-state index contributed by atoms with van der Waals surface area (Å²) in [6.07, 6.45) is 0.236. The van der Waals surface area contributed by atoms with Crippen molar-refractivity contribution in [1.82, 2.24) is 0 Å². The lowest BCUT2D eigenvalue weighted by Gasteiger charge is -2.18. The van der Waals surface area contributed by atoms with Gasteiger partial charge in [-0.1, -0.05) is 19.1 Å². The van der Waals surface area contributed by atoms with Crippen molar-refractivity contribution in [3.8, 4) is 0 Å². The summed E-state index contributed by atoms with van der Waals surface area (Å²) >= 11 is 0. The van der Waals surface area contributed by atoms with Crippen LogP contribution in [0.4, 0.5) is 0 Å². The van der Waals surface area contributed by atoms with Crippen LogP contribution in [0.1, 0.15) is 20.3 Å². The number of hydrogen-bond donors (Lipinski definition) is 2. The van der Waals surface area contributed by atoms with E-state index >= 15 is 0 Å². The van der Waals surface area contributed by atoms with Gasteiger partial charge in [0.25, 0.3) is 0 Å². The van der Waals surface area contributed by atoms with E-state index in [2.05, 4.69) is 6.58 Å². The third kappa shape index (κ3) is 2.50. The van der Waals surface area contributed by atoms with Crippen molar-refractivity contribution in [1.29, 1.82) is 0 Å². The van der Waals surface area contributed by atoms with Crippen molar-refractivity contribution in [3.05, 3.63) is 12.2 Å². The molecule has 0 saturated carbocycles. The first-order valence-corrected chi connectivity index (χ1v) is 3.57. The van der Waals surface area contributed by atoms with Gasteiger partial charge in [-0.15, -0.1) is 0 Å². The molecule has 0 rings (SSSR count). The molecular formula is C8H16O2. The molecule has 0 aromatic rings. The van der Waals surface area contributed by atoms with Gasteiger partial charge < -0.3 is 10.2 Å². The van der Waals surface area contributed by atoms with Crippen molar-refractivity contribution in [2.24, 2.45) is 5.92 Å². The molecule has 60 valence electrons. The predicted molar refractivity (Wildman–Crippen MR) is 41.7 cm³/mol. The van der Waals surface area contributed by atoms with Crippen LogP contribution in [0.5, 0.6) is 0 Å². The Kier molecular flexibility index (Phi) is 4.32. The van der Waals surface area contributed by atoms with E-state index in [1.54, 1.807) is 6.92 Å². The molecule has 0 spiro atoms. The first-order chi connectivity index (χ1) is 4.63. The highest BCUT2D eigenvalue weighted by atomic mass is 16.3. The van der Waals surface area contributed by atoms with Crippen molar-refractivity contribution < 1.29 is 10.2 Å². The Morgan fingerprint density at radius 3 is 2.20 bits per heavy atom. The second-order valence-electron chi connectivity index (χ2n) is 2.64. The van der Waals surface area contributed by atoms with E-state index in [4.69, 9.17) is 5.11 Å². The molecule has 2 nitrogen and oxygen atoms in total. The first-order valence-electron chi connectivity index (χ1n) is 3.57. The summed E-state index contributed by atoms with van der Waals surface area (Å²) in [7, 11) is 0. The molecule has 2 N–H and O–H groups in total. The number of rotatable bonds is 4. The third-order valence-electron chi connectivity index (χ3n) is 1.71. The maximum atomic E-state index is 9.33. The van der Waals surface area contributed by atoms with Crippen LogP contribution in [0.15, 0.2) is 12.2 Å². The fraction of sp³-hybridized carbons (Fsp3) is 0.750. The summed E-state index contributed by atoms with van der Waals surface area (Å²) in [6.45, 7) is 7.35. The lowest BCUT2D eigenvalue weighted by molar-refractivity contribution is 0.0905. The first kappa shape index (κ1) is 9.66. The monoisotopic (exact) mass is 144 g/mol. The minimum Gasteiger partial charge on any atom is -0.396 e. The van der Waals surface area contributed by atoms with E-state index in [9.17, 15) is 5.11 Å². The Hall–Kier alpha value is -0.340. The second kappa shape index (κ2) is 4.47. The summed E-state index contributed by atoms with van der Waals surface area (Å²) in [5, 5.41) is 18.1. The van der Waals surface area contributed by atoms with E-state index in [1.807, 2.05) is 6.92 Å². The van der Waals surface area contributed by atoms with Crippen LogP contribution < -0.4 is 0 Å². The SMILES string of the molecule is C=C(C)[C@@H](O)[C@@H](CC)CO. The molecule has 0 fully saturated rings. The molecule has 0 aromatic heterocycles. The minimum absolute atomic E-state index is 0.0323. The van der Waals surface area contributed by atoms with E-state index in [0.29, 0.717) is 0 Å². The van der Waals surface area contributed by atoms with Crippen molar-refractivity contribution >= 4 is 0 Å². The second-order valence-corrected chi connectivity index (χ2v) is 2.64. The molecule has 0 amide bonds. The highest BCUT2D eigenvalue weighted by Gasteiger charge is 2.15. The molecule has 0 aliphatic rings. The van der Waals surface area contributed by atoms with Gasteiger partial charge in [0.15, 0.2) is 0 Å². The fourth-order valence-electron chi connectivity index (χ4n) is 0.855. The molecule has 0 heterocycles. The van der Waals surface area contributed by atoms with Gasteiger partial charge in [-0.25, -0.2) is 0 Å². The zero-order valence-electron chi connectivity index (χ0n) is 6.67. The Morgan fingerprint density at radius 1 is 1.60 bits per heavy atom. The van der Waals surface area contributed by atoms with Gasteiger partial charge in [-0.05, 0) is 13.3 Å². The molecule has 0 aliphatic carbocycles. The molecule has 0 aliphatic heterocycles. The Balaban J connectivity index is 3.88. The molecular weight excluding hydrogens is 128 g/mol. The molecule has 0 radical (unpaired) electrons. The molecule has 0 unspecified atom stereocenters. The largest absolute Gasteiger partial charge is 0.396 e. The van der Waals surface area contributed by atoms with Gasteiger partial charge in [0.2, 0.25) is 0 Å². The highest BCUT2D eigenvalue weighted by molar-refractivity contribution is 4.99. The fourth-order valence-corrected chi connectivity index (χ4v) is 0.855. The topological polar surface area (TPSA) is 40.5 Å². The molecule has 0 saturated heterocycles. The average molecular weight is 144 g/mol. The quantitative estimate of drug-likeness (QED) is 0.576. The van der Waals surface area contributed by atoms with Gasteiger partial charge in [-0.3, -0.25) is 0 Å². The van der Waals surface area contributed by atoms with Gasteiger partial charge in [0.05, 0.1) is 6.10 Å². The number of aliphatic hydroxyl groups excluding tert-OH is 2. The Morgan fingerprint density at radius 2 is 2.10 bits per heavy atom. The maximum absolute atomic E-state index is 9.33. The summed E-state index contributed by atoms with van der Waals surface area (Å²) in [5.41, 5.74) is 0.723. The Labute approximate surface area is 62.2 Å². The minimum atomic E-state index is -0.546. The third-order valence-corrected chi connectivity index (χ3v) is 1.71. The van der Waals surface area contributed by atoms with Crippen LogP contribution in [0.25, 0.3) is 0 Å². The molecule has 2 heteroatoms. The molecule has 2 atom stereocenters. The molecule has 0 bridgehead atoms. The van der Waals surface area contributed by atoms with Gasteiger partial charge >= 0.3 is 0 Å². The van der Waals surface area contributed by atoms with Crippen LogP contribution >= 0.6 is 0 Å². The van der Waals surface area contributed by atoms with E-state index in [1.165, 1.54) is 0 Å². The average Bonchev–Trinajstić information content (AvgIpc) is 1.90. The van der Waals surface area contributed by atoms with E-state index in [-0.39, 0.29) is 12.5 Å². The smallest absolute Gasteiger partial charge is 0.0794 e. The van der Waals surface area contributed by atoms with Crippen molar-refractivity contribution in [2.45, 2.75) is 26.4 Å². The van der Waals surface area contributed by atoms with Crippen LogP contribution in [-0.2, 0) is 0 Å². The van der Waals surface area contributed by atoms with Crippen LogP contribution in [0.2, 0.25) is 0 Å². The van der Waals surface area contributed by atoms with Crippen molar-refractivity contribution in [2.75, 3.05) is 6.61 Å². The summed E-state index contributed by atoms with van der Waals surface area (Å²) in [6, 6.07) is 0. The van der Waals surface area contributed by atoms with Gasteiger partial charge in [0, 0.05) is 12.5 Å². The van der Waals surface area contributed by atoms with Gasteiger partial charge in [0.1, 0.15) is 0 Å². The summed E-state index contributed by atoms with van der Waals surface area (Å²) < 4.78 is 0. The predicted octanol–water partition coefficient (Wildman–Crippen LogP) is 0.942. The zero-order valence-corrected chi connectivity index (χ0v) is 6.67. The standard InChI is InChI=1S/C8H16O2/c1-4-7(5-9)8(10)6(2)3/h7-10H,2,4-5H2,1,3H3/t7-,8+/m0/s1. The van der Waals surface area contributed by atoms with Crippen LogP contribution in [0, 0.1) is 5.92 Å². The normalized spacial score (nSPS) is 16.4. The summed E-state index contributed by atoms with van der Waals surface area (Å²) in [5.74, 6) is -0.0440. The Bertz CT molecular complexity index is 106. The zero-order chi connectivity index (χ0) is 8.15. The van der Waals surface area contributed by atoms with Crippen LogP contribution in [-0.4, -0.2) is 22.9 Å². The maximum Gasteiger partial charge on any atom is 0.0794 e. The van der Waals surface area contributed by atoms with E-state index in [0.717, 1.165) is 12.0 Å².